The molecular weight excluding hydrogens is 538 g/mol. The number of hydrogen-bond donors (Lipinski definition) is 0. The minimum Gasteiger partial charge on any atom is -1.00 e. The Kier molecular flexibility index (Phi) is 13.5. The largest absolute Gasteiger partial charge is 1.00 e. The van der Waals surface area contributed by atoms with Crippen molar-refractivity contribution < 1.29 is 50.7 Å². The molecule has 0 saturated heterocycles. The van der Waals surface area contributed by atoms with E-state index in [2.05, 4.69) is 91.0 Å². The Morgan fingerprint density at radius 1 is 0.519 bits per heavy atom. The van der Waals surface area contributed by atoms with Crippen LogP contribution in [-0.2, 0) is 25.8 Å². The molecule has 0 aliphatic rings. The van der Waals surface area contributed by atoms with Gasteiger partial charge in [-0.3, -0.25) is 0 Å². The van der Waals surface area contributed by atoms with Crippen LogP contribution < -0.4 is 24.8 Å². The van der Waals surface area contributed by atoms with Crippen LogP contribution in [0.25, 0.3) is 21.5 Å². The Hall–Kier alpha value is -1.67. The predicted molar refractivity (Wildman–Crippen MR) is 104 cm³/mol. The van der Waals surface area contributed by atoms with Crippen LogP contribution in [-0.4, -0.2) is 0 Å². The summed E-state index contributed by atoms with van der Waals surface area (Å²) in [5.74, 6) is 0. The van der Waals surface area contributed by atoms with Crippen molar-refractivity contribution in [3.8, 4) is 0 Å². The van der Waals surface area contributed by atoms with Gasteiger partial charge in [0.15, 0.2) is 0 Å². The van der Waals surface area contributed by atoms with Gasteiger partial charge in [0.05, 0.1) is 0 Å². The van der Waals surface area contributed by atoms with Crippen molar-refractivity contribution in [2.24, 2.45) is 0 Å². The van der Waals surface area contributed by atoms with E-state index in [-0.39, 0.29) is 50.7 Å². The van der Waals surface area contributed by atoms with Crippen LogP contribution in [0, 0.1) is 6.07 Å². The SMILES string of the molecule is [Cl-].[Cl-].[Hf].[c-]1ccccc1.c1ccc2[cH-]ccc2c1.c1ccc2[cH-]ccc2c1. The summed E-state index contributed by atoms with van der Waals surface area (Å²) in [6.45, 7) is 0. The Morgan fingerprint density at radius 2 is 0.963 bits per heavy atom. The molecule has 0 aromatic heterocycles. The molecule has 0 amide bonds. The summed E-state index contributed by atoms with van der Waals surface area (Å²) in [5, 5.41) is 5.32. The first kappa shape index (κ1) is 25.3. The van der Waals surface area contributed by atoms with Crippen molar-refractivity contribution >= 4 is 21.5 Å². The van der Waals surface area contributed by atoms with Gasteiger partial charge in [0.25, 0.3) is 0 Å². The van der Waals surface area contributed by atoms with Crippen LogP contribution in [0.3, 0.4) is 0 Å². The fraction of sp³-hybridized carbons (Fsp3) is 0. The zero-order chi connectivity index (χ0) is 16.5. The van der Waals surface area contributed by atoms with Crippen molar-refractivity contribution in [1.29, 1.82) is 0 Å². The third-order valence-corrected chi connectivity index (χ3v) is 3.70. The van der Waals surface area contributed by atoms with Crippen molar-refractivity contribution in [2.75, 3.05) is 0 Å². The second kappa shape index (κ2) is 14.4. The second-order valence-corrected chi connectivity index (χ2v) is 5.39. The van der Waals surface area contributed by atoms with Crippen molar-refractivity contribution in [2.45, 2.75) is 0 Å². The van der Waals surface area contributed by atoms with Gasteiger partial charge in [0, 0.05) is 25.8 Å². The van der Waals surface area contributed by atoms with Crippen LogP contribution >= 0.6 is 0 Å². The number of hydrogen-bond acceptors (Lipinski definition) is 0. The van der Waals surface area contributed by atoms with Gasteiger partial charge in [-0.2, -0.15) is 71.4 Å². The average Bonchev–Trinajstić information content (AvgIpc) is 3.33. The summed E-state index contributed by atoms with van der Waals surface area (Å²) < 4.78 is 0. The maximum atomic E-state index is 2.89. The summed E-state index contributed by atoms with van der Waals surface area (Å²) in [4.78, 5) is 0. The van der Waals surface area contributed by atoms with Gasteiger partial charge in [0.1, 0.15) is 0 Å². The summed E-state index contributed by atoms with van der Waals surface area (Å²) in [7, 11) is 0. The third-order valence-electron chi connectivity index (χ3n) is 3.70. The van der Waals surface area contributed by atoms with Crippen LogP contribution in [0.15, 0.2) is 115 Å². The van der Waals surface area contributed by atoms with Crippen LogP contribution in [0.4, 0.5) is 0 Å². The number of rotatable bonds is 0. The summed E-state index contributed by atoms with van der Waals surface area (Å²) in [6.07, 6.45) is 0. The van der Waals surface area contributed by atoms with Crippen LogP contribution in [0.2, 0.25) is 0 Å². The molecule has 0 radical (unpaired) electrons. The van der Waals surface area contributed by atoms with E-state index in [1.165, 1.54) is 21.5 Å². The Labute approximate surface area is 192 Å². The zero-order valence-corrected chi connectivity index (χ0v) is 19.8. The maximum absolute atomic E-state index is 2.89. The van der Waals surface area contributed by atoms with Gasteiger partial charge in [0.2, 0.25) is 0 Å². The molecular formula is C24H19Cl2Hf-5. The first-order valence-electron chi connectivity index (χ1n) is 8.05. The van der Waals surface area contributed by atoms with Crippen LogP contribution in [0.5, 0.6) is 0 Å². The molecule has 0 aliphatic carbocycles. The molecule has 0 aliphatic heterocycles. The fourth-order valence-corrected chi connectivity index (χ4v) is 2.48. The number of fused-ring (bicyclic) bond motifs is 2. The van der Waals surface area contributed by atoms with Crippen molar-refractivity contribution in [3.63, 3.8) is 0 Å². The fourth-order valence-electron chi connectivity index (χ4n) is 2.48. The van der Waals surface area contributed by atoms with E-state index in [4.69, 9.17) is 0 Å². The molecule has 0 nitrogen and oxygen atoms in total. The Balaban J connectivity index is 0.000000363. The molecule has 5 aromatic rings. The molecule has 0 heterocycles. The van der Waals surface area contributed by atoms with E-state index in [0.717, 1.165) is 0 Å². The topological polar surface area (TPSA) is 0 Å². The van der Waals surface area contributed by atoms with Gasteiger partial charge in [-0.05, 0) is 0 Å². The van der Waals surface area contributed by atoms with E-state index >= 15 is 0 Å². The molecule has 0 N–H and O–H groups in total. The molecule has 5 aromatic carbocycles. The minimum absolute atomic E-state index is 0. The molecule has 3 heteroatoms. The minimum atomic E-state index is 0. The molecule has 0 fully saturated rings. The van der Waals surface area contributed by atoms with E-state index in [1.54, 1.807) is 0 Å². The van der Waals surface area contributed by atoms with E-state index in [1.807, 2.05) is 30.3 Å². The summed E-state index contributed by atoms with van der Waals surface area (Å²) >= 11 is 0. The third kappa shape index (κ3) is 8.26. The molecule has 27 heavy (non-hydrogen) atoms. The molecule has 0 saturated carbocycles. The van der Waals surface area contributed by atoms with E-state index in [9.17, 15) is 0 Å². The first-order chi connectivity index (χ1) is 11.9. The molecule has 138 valence electrons. The predicted octanol–water partition coefficient (Wildman–Crippen LogP) is 0.610. The van der Waals surface area contributed by atoms with E-state index < -0.39 is 0 Å². The molecule has 0 spiro atoms. The van der Waals surface area contributed by atoms with Gasteiger partial charge >= 0.3 is 0 Å². The van der Waals surface area contributed by atoms with Gasteiger partial charge in [-0.15, -0.1) is 59.3 Å². The number of benzene rings is 3. The Bertz CT molecular complexity index is 818. The van der Waals surface area contributed by atoms with Gasteiger partial charge in [-0.25, -0.2) is 0 Å². The monoisotopic (exact) mass is 557 g/mol. The molecule has 0 bridgehead atoms. The molecule has 0 unspecified atom stereocenters. The number of halogens is 2. The van der Waals surface area contributed by atoms with Crippen LogP contribution in [0.1, 0.15) is 0 Å². The standard InChI is InChI=1S/2C9H7.C6H5.2ClH.Hf/c2*1-2-5-9-7-3-6-8(9)4-1;1-2-4-6-5-3-1;;;/h2*1-7H;1-5H;2*1H;/q3*-1;;;/p-2. The first-order valence-corrected chi connectivity index (χ1v) is 8.05. The summed E-state index contributed by atoms with van der Waals surface area (Å²) in [6, 6.07) is 41.8. The van der Waals surface area contributed by atoms with Crippen molar-refractivity contribution in [3.05, 3.63) is 121 Å². The van der Waals surface area contributed by atoms with Gasteiger partial charge in [-0.1, -0.05) is 12.1 Å². The normalized spacial score (nSPS) is 8.59. The Morgan fingerprint density at radius 3 is 1.30 bits per heavy atom. The maximum Gasteiger partial charge on any atom is 0 e. The smallest absolute Gasteiger partial charge is 0 e. The average molecular weight is 557 g/mol. The molecule has 5 rings (SSSR count). The van der Waals surface area contributed by atoms with E-state index in [0.29, 0.717) is 0 Å². The van der Waals surface area contributed by atoms with Gasteiger partial charge < -0.3 is 24.8 Å². The zero-order valence-electron chi connectivity index (χ0n) is 14.7. The summed E-state index contributed by atoms with van der Waals surface area (Å²) in [5.41, 5.74) is 0. The quantitative estimate of drug-likeness (QED) is 0.194. The van der Waals surface area contributed by atoms with Crippen molar-refractivity contribution in [1.82, 2.24) is 0 Å². The second-order valence-electron chi connectivity index (χ2n) is 5.39. The molecule has 0 atom stereocenters.